The lowest BCUT2D eigenvalue weighted by atomic mass is 9.85. The van der Waals surface area contributed by atoms with E-state index in [1.165, 1.54) is 6.42 Å². The lowest BCUT2D eigenvalue weighted by Gasteiger charge is -2.31. The standard InChI is InChI=1S/C16H22O3/c1-2-15(17)13-6-8-14(9-7-13)19-12-16(18)10-4-3-5-11-16/h6-9,18H,2-5,10-12H2,1H3. The number of carbonyl (C=O) groups is 1. The van der Waals surface area contributed by atoms with Crippen LogP contribution in [0.25, 0.3) is 0 Å². The number of aliphatic hydroxyl groups is 1. The molecule has 1 aliphatic carbocycles. The van der Waals surface area contributed by atoms with E-state index in [1.807, 2.05) is 6.92 Å². The Balaban J connectivity index is 1.91. The van der Waals surface area contributed by atoms with Crippen molar-refractivity contribution < 1.29 is 14.6 Å². The molecule has 104 valence electrons. The summed E-state index contributed by atoms with van der Waals surface area (Å²) >= 11 is 0. The Bertz CT molecular complexity index is 416. The summed E-state index contributed by atoms with van der Waals surface area (Å²) in [5.41, 5.74) is 0.0436. The van der Waals surface area contributed by atoms with Gasteiger partial charge in [-0.15, -0.1) is 0 Å². The summed E-state index contributed by atoms with van der Waals surface area (Å²) in [4.78, 5) is 11.5. The van der Waals surface area contributed by atoms with E-state index < -0.39 is 5.60 Å². The predicted octanol–water partition coefficient (Wildman–Crippen LogP) is 3.35. The third-order valence-electron chi connectivity index (χ3n) is 3.79. The molecule has 0 amide bonds. The van der Waals surface area contributed by atoms with Gasteiger partial charge in [-0.25, -0.2) is 0 Å². The molecule has 2 rings (SSSR count). The molecule has 0 aliphatic heterocycles. The number of benzene rings is 1. The molecule has 1 N–H and O–H groups in total. The number of hydrogen-bond acceptors (Lipinski definition) is 3. The van der Waals surface area contributed by atoms with Gasteiger partial charge in [-0.3, -0.25) is 4.79 Å². The summed E-state index contributed by atoms with van der Waals surface area (Å²) in [6.45, 7) is 2.19. The maximum atomic E-state index is 11.5. The second kappa shape index (κ2) is 6.20. The van der Waals surface area contributed by atoms with Gasteiger partial charge < -0.3 is 9.84 Å². The zero-order valence-corrected chi connectivity index (χ0v) is 11.5. The minimum Gasteiger partial charge on any atom is -0.491 e. The van der Waals surface area contributed by atoms with Crippen LogP contribution in [0.3, 0.4) is 0 Å². The van der Waals surface area contributed by atoms with Crippen molar-refractivity contribution in [3.05, 3.63) is 29.8 Å². The van der Waals surface area contributed by atoms with Gasteiger partial charge in [0.15, 0.2) is 5.78 Å². The second-order valence-electron chi connectivity index (χ2n) is 5.37. The second-order valence-corrected chi connectivity index (χ2v) is 5.37. The summed E-state index contributed by atoms with van der Waals surface area (Å²) in [7, 11) is 0. The van der Waals surface area contributed by atoms with Gasteiger partial charge in [0.25, 0.3) is 0 Å². The molecule has 0 atom stereocenters. The molecule has 1 aromatic rings. The Hall–Kier alpha value is -1.35. The Morgan fingerprint density at radius 2 is 1.84 bits per heavy atom. The fourth-order valence-corrected chi connectivity index (χ4v) is 2.51. The zero-order valence-electron chi connectivity index (χ0n) is 11.5. The fourth-order valence-electron chi connectivity index (χ4n) is 2.51. The largest absolute Gasteiger partial charge is 0.491 e. The van der Waals surface area contributed by atoms with Gasteiger partial charge in [0.2, 0.25) is 0 Å². The highest BCUT2D eigenvalue weighted by molar-refractivity contribution is 5.95. The minimum absolute atomic E-state index is 0.137. The summed E-state index contributed by atoms with van der Waals surface area (Å²) in [6, 6.07) is 7.17. The summed E-state index contributed by atoms with van der Waals surface area (Å²) < 4.78 is 5.66. The topological polar surface area (TPSA) is 46.5 Å². The van der Waals surface area contributed by atoms with Gasteiger partial charge in [-0.05, 0) is 37.1 Å². The lowest BCUT2D eigenvalue weighted by molar-refractivity contribution is -0.0339. The first-order chi connectivity index (χ1) is 9.13. The van der Waals surface area contributed by atoms with Crippen LogP contribution in [0.5, 0.6) is 5.75 Å². The summed E-state index contributed by atoms with van der Waals surface area (Å²) in [6.07, 6.45) is 5.50. The van der Waals surface area contributed by atoms with E-state index in [0.717, 1.165) is 25.7 Å². The maximum Gasteiger partial charge on any atom is 0.162 e. The normalized spacial score (nSPS) is 18.0. The SMILES string of the molecule is CCC(=O)c1ccc(OCC2(O)CCCCC2)cc1. The van der Waals surface area contributed by atoms with Crippen molar-refractivity contribution in [2.24, 2.45) is 0 Å². The molecule has 3 heteroatoms. The van der Waals surface area contributed by atoms with Crippen LogP contribution in [0.1, 0.15) is 55.8 Å². The first-order valence-electron chi connectivity index (χ1n) is 7.11. The molecule has 0 unspecified atom stereocenters. The first-order valence-corrected chi connectivity index (χ1v) is 7.11. The van der Waals surface area contributed by atoms with Crippen LogP contribution in [0, 0.1) is 0 Å². The molecule has 1 aromatic carbocycles. The number of ketones is 1. The van der Waals surface area contributed by atoms with Crippen molar-refractivity contribution in [2.45, 2.75) is 51.0 Å². The third kappa shape index (κ3) is 3.80. The van der Waals surface area contributed by atoms with Crippen molar-refractivity contribution in [3.63, 3.8) is 0 Å². The molecule has 19 heavy (non-hydrogen) atoms. The predicted molar refractivity (Wildman–Crippen MR) is 74.6 cm³/mol. The monoisotopic (exact) mass is 262 g/mol. The molecule has 0 spiro atoms. The molecular formula is C16H22O3. The van der Waals surface area contributed by atoms with Gasteiger partial charge in [-0.1, -0.05) is 26.2 Å². The van der Waals surface area contributed by atoms with Crippen molar-refractivity contribution in [3.8, 4) is 5.75 Å². The van der Waals surface area contributed by atoms with E-state index in [0.29, 0.717) is 24.3 Å². The zero-order chi connectivity index (χ0) is 13.7. The van der Waals surface area contributed by atoms with Gasteiger partial charge in [0.1, 0.15) is 12.4 Å². The molecular weight excluding hydrogens is 240 g/mol. The molecule has 1 aliphatic rings. The van der Waals surface area contributed by atoms with E-state index in [4.69, 9.17) is 4.74 Å². The number of hydrogen-bond donors (Lipinski definition) is 1. The van der Waals surface area contributed by atoms with Crippen LogP contribution in [0.4, 0.5) is 0 Å². The Labute approximate surface area is 114 Å². The molecule has 0 bridgehead atoms. The molecule has 1 fully saturated rings. The number of rotatable bonds is 5. The number of carbonyl (C=O) groups excluding carboxylic acids is 1. The van der Waals surface area contributed by atoms with Gasteiger partial charge in [0.05, 0.1) is 5.60 Å². The number of Topliss-reactive ketones (excluding diaryl/α,β-unsaturated/α-hetero) is 1. The third-order valence-corrected chi connectivity index (χ3v) is 3.79. The van der Waals surface area contributed by atoms with Gasteiger partial charge in [-0.2, -0.15) is 0 Å². The molecule has 3 nitrogen and oxygen atoms in total. The summed E-state index contributed by atoms with van der Waals surface area (Å²) in [5, 5.41) is 10.3. The highest BCUT2D eigenvalue weighted by Crippen LogP contribution is 2.28. The average Bonchev–Trinajstić information content (AvgIpc) is 2.46. The summed E-state index contributed by atoms with van der Waals surface area (Å²) in [5.74, 6) is 0.851. The quantitative estimate of drug-likeness (QED) is 0.828. The van der Waals surface area contributed by atoms with Crippen molar-refractivity contribution in [2.75, 3.05) is 6.61 Å². The molecule has 0 saturated heterocycles. The van der Waals surface area contributed by atoms with Gasteiger partial charge in [0, 0.05) is 12.0 Å². The minimum atomic E-state index is -0.670. The van der Waals surface area contributed by atoms with Crippen molar-refractivity contribution >= 4 is 5.78 Å². The Morgan fingerprint density at radius 1 is 1.21 bits per heavy atom. The van der Waals surface area contributed by atoms with E-state index in [2.05, 4.69) is 0 Å². The first kappa shape index (κ1) is 14.1. The smallest absolute Gasteiger partial charge is 0.162 e. The lowest BCUT2D eigenvalue weighted by Crippen LogP contribution is -2.37. The Morgan fingerprint density at radius 3 is 2.42 bits per heavy atom. The molecule has 1 saturated carbocycles. The molecule has 0 radical (unpaired) electrons. The van der Waals surface area contributed by atoms with Crippen LogP contribution in [0.15, 0.2) is 24.3 Å². The van der Waals surface area contributed by atoms with Crippen molar-refractivity contribution in [1.29, 1.82) is 0 Å². The van der Waals surface area contributed by atoms with Crippen LogP contribution < -0.4 is 4.74 Å². The van der Waals surface area contributed by atoms with Crippen LogP contribution in [0.2, 0.25) is 0 Å². The molecule has 0 heterocycles. The highest BCUT2D eigenvalue weighted by atomic mass is 16.5. The maximum absolute atomic E-state index is 11.5. The fraction of sp³-hybridized carbons (Fsp3) is 0.562. The van der Waals surface area contributed by atoms with Gasteiger partial charge >= 0.3 is 0 Å². The number of ether oxygens (including phenoxy) is 1. The molecule has 0 aromatic heterocycles. The van der Waals surface area contributed by atoms with E-state index in [9.17, 15) is 9.90 Å². The average molecular weight is 262 g/mol. The van der Waals surface area contributed by atoms with Crippen LogP contribution in [-0.2, 0) is 0 Å². The van der Waals surface area contributed by atoms with E-state index >= 15 is 0 Å². The van der Waals surface area contributed by atoms with Crippen molar-refractivity contribution in [1.82, 2.24) is 0 Å². The van der Waals surface area contributed by atoms with E-state index in [-0.39, 0.29) is 5.78 Å². The van der Waals surface area contributed by atoms with E-state index in [1.54, 1.807) is 24.3 Å². The Kier molecular flexibility index (Phi) is 4.59. The highest BCUT2D eigenvalue weighted by Gasteiger charge is 2.29. The van der Waals surface area contributed by atoms with Crippen LogP contribution >= 0.6 is 0 Å². The van der Waals surface area contributed by atoms with Crippen LogP contribution in [-0.4, -0.2) is 23.1 Å².